The van der Waals surface area contributed by atoms with Gasteiger partial charge in [0.2, 0.25) is 0 Å². The number of hydrogen-bond acceptors (Lipinski definition) is 3. The van der Waals surface area contributed by atoms with Crippen LogP contribution in [0.4, 0.5) is 4.39 Å². The number of aromatic nitrogens is 2. The summed E-state index contributed by atoms with van der Waals surface area (Å²) in [5, 5.41) is 2.06. The molecule has 0 aliphatic carbocycles. The SMILES string of the molecule is NCCc1c(-c2ccccc2)nc2scc(-c3ccc(F)cc3)n12. The Labute approximate surface area is 143 Å². The van der Waals surface area contributed by atoms with Crippen molar-refractivity contribution in [2.75, 3.05) is 6.54 Å². The smallest absolute Gasteiger partial charge is 0.194 e. The number of nitrogens with two attached hydrogens (primary N) is 1. The van der Waals surface area contributed by atoms with Gasteiger partial charge in [-0.15, -0.1) is 11.3 Å². The highest BCUT2D eigenvalue weighted by atomic mass is 32.1. The van der Waals surface area contributed by atoms with E-state index in [1.807, 2.05) is 18.2 Å². The zero-order chi connectivity index (χ0) is 16.5. The van der Waals surface area contributed by atoms with E-state index in [0.29, 0.717) is 6.54 Å². The van der Waals surface area contributed by atoms with Gasteiger partial charge in [-0.2, -0.15) is 0 Å². The van der Waals surface area contributed by atoms with E-state index < -0.39 is 0 Å². The Balaban J connectivity index is 1.94. The Kier molecular flexibility index (Phi) is 3.88. The molecule has 0 radical (unpaired) electrons. The highest BCUT2D eigenvalue weighted by molar-refractivity contribution is 7.15. The van der Waals surface area contributed by atoms with E-state index in [1.54, 1.807) is 23.5 Å². The topological polar surface area (TPSA) is 43.3 Å². The maximum absolute atomic E-state index is 13.2. The van der Waals surface area contributed by atoms with Crippen molar-refractivity contribution in [2.45, 2.75) is 6.42 Å². The lowest BCUT2D eigenvalue weighted by atomic mass is 10.1. The molecule has 0 unspecified atom stereocenters. The average Bonchev–Trinajstić information content (AvgIpc) is 3.17. The maximum atomic E-state index is 13.2. The molecule has 0 aliphatic rings. The molecule has 4 aromatic rings. The normalized spacial score (nSPS) is 11.2. The van der Waals surface area contributed by atoms with Gasteiger partial charge in [0.1, 0.15) is 5.82 Å². The summed E-state index contributed by atoms with van der Waals surface area (Å²) in [6.07, 6.45) is 0.732. The zero-order valence-electron chi connectivity index (χ0n) is 12.9. The minimum Gasteiger partial charge on any atom is -0.330 e. The third-order valence-electron chi connectivity index (χ3n) is 4.03. The van der Waals surface area contributed by atoms with E-state index in [1.165, 1.54) is 12.1 Å². The first kappa shape index (κ1) is 15.1. The van der Waals surface area contributed by atoms with Crippen LogP contribution in [0, 0.1) is 5.82 Å². The summed E-state index contributed by atoms with van der Waals surface area (Å²) in [5.74, 6) is -0.233. The van der Waals surface area contributed by atoms with Crippen LogP contribution in [0.15, 0.2) is 60.0 Å². The van der Waals surface area contributed by atoms with Crippen LogP contribution in [0.3, 0.4) is 0 Å². The molecule has 3 nitrogen and oxygen atoms in total. The van der Waals surface area contributed by atoms with Crippen molar-refractivity contribution in [2.24, 2.45) is 5.73 Å². The van der Waals surface area contributed by atoms with Gasteiger partial charge in [-0.25, -0.2) is 9.37 Å². The van der Waals surface area contributed by atoms with Crippen molar-refractivity contribution in [1.29, 1.82) is 0 Å². The molecule has 5 heteroatoms. The lowest BCUT2D eigenvalue weighted by Crippen LogP contribution is -2.06. The lowest BCUT2D eigenvalue weighted by molar-refractivity contribution is 0.628. The van der Waals surface area contributed by atoms with E-state index in [2.05, 4.69) is 21.9 Å². The molecular weight excluding hydrogens is 321 g/mol. The number of fused-ring (bicyclic) bond motifs is 1. The van der Waals surface area contributed by atoms with Crippen LogP contribution in [-0.4, -0.2) is 15.9 Å². The Hall–Kier alpha value is -2.50. The van der Waals surface area contributed by atoms with E-state index in [4.69, 9.17) is 10.7 Å². The number of hydrogen-bond donors (Lipinski definition) is 1. The van der Waals surface area contributed by atoms with Gasteiger partial charge >= 0.3 is 0 Å². The van der Waals surface area contributed by atoms with Crippen molar-refractivity contribution in [3.05, 3.63) is 71.5 Å². The number of benzene rings is 2. The Morgan fingerprint density at radius 1 is 1.00 bits per heavy atom. The largest absolute Gasteiger partial charge is 0.330 e. The Bertz CT molecular complexity index is 971. The highest BCUT2D eigenvalue weighted by Crippen LogP contribution is 2.33. The van der Waals surface area contributed by atoms with Gasteiger partial charge < -0.3 is 5.73 Å². The Morgan fingerprint density at radius 2 is 1.75 bits per heavy atom. The molecule has 0 bridgehead atoms. The van der Waals surface area contributed by atoms with Gasteiger partial charge in [0.05, 0.1) is 17.1 Å². The van der Waals surface area contributed by atoms with Crippen LogP contribution in [-0.2, 0) is 6.42 Å². The van der Waals surface area contributed by atoms with Crippen LogP contribution in [0.2, 0.25) is 0 Å². The number of nitrogens with zero attached hydrogens (tertiary/aromatic N) is 2. The second-order valence-corrected chi connectivity index (χ2v) is 6.39. The maximum Gasteiger partial charge on any atom is 0.194 e. The van der Waals surface area contributed by atoms with Gasteiger partial charge in [-0.1, -0.05) is 30.3 Å². The van der Waals surface area contributed by atoms with Crippen molar-refractivity contribution in [3.63, 3.8) is 0 Å². The average molecular weight is 337 g/mol. The summed E-state index contributed by atoms with van der Waals surface area (Å²) in [7, 11) is 0. The molecule has 2 aromatic heterocycles. The quantitative estimate of drug-likeness (QED) is 0.601. The third kappa shape index (κ3) is 2.52. The van der Waals surface area contributed by atoms with Crippen LogP contribution in [0.1, 0.15) is 5.69 Å². The van der Waals surface area contributed by atoms with E-state index in [9.17, 15) is 4.39 Å². The number of rotatable bonds is 4. The van der Waals surface area contributed by atoms with Gasteiger partial charge in [0.15, 0.2) is 4.96 Å². The standard InChI is InChI=1S/C19H16FN3S/c20-15-8-6-13(7-9-15)17-12-24-19-22-18(14-4-2-1-3-5-14)16(10-11-21)23(17)19/h1-9,12H,10-11,21H2. The summed E-state index contributed by atoms with van der Waals surface area (Å²) in [5.41, 5.74) is 11.0. The molecule has 0 saturated heterocycles. The monoisotopic (exact) mass is 337 g/mol. The Morgan fingerprint density at radius 3 is 2.46 bits per heavy atom. The fourth-order valence-electron chi connectivity index (χ4n) is 2.93. The number of imidazole rings is 1. The molecule has 0 fully saturated rings. The predicted octanol–water partition coefficient (Wildman–Crippen LogP) is 4.37. The molecule has 0 saturated carbocycles. The molecule has 0 spiro atoms. The molecular formula is C19H16FN3S. The van der Waals surface area contributed by atoms with E-state index in [0.717, 1.165) is 39.6 Å². The molecule has 0 aliphatic heterocycles. The minimum absolute atomic E-state index is 0.233. The summed E-state index contributed by atoms with van der Waals surface area (Å²) in [4.78, 5) is 5.74. The van der Waals surface area contributed by atoms with Crippen molar-refractivity contribution >= 4 is 16.3 Å². The summed E-state index contributed by atoms with van der Waals surface area (Å²) in [6, 6.07) is 16.7. The number of thiazole rings is 1. The molecule has 4 rings (SSSR count). The fourth-order valence-corrected chi connectivity index (χ4v) is 3.85. The first-order valence-corrected chi connectivity index (χ1v) is 8.66. The van der Waals surface area contributed by atoms with Crippen LogP contribution >= 0.6 is 11.3 Å². The molecule has 2 aromatic carbocycles. The first-order valence-electron chi connectivity index (χ1n) is 7.78. The third-order valence-corrected chi connectivity index (χ3v) is 4.85. The molecule has 0 atom stereocenters. The fraction of sp³-hybridized carbons (Fsp3) is 0.105. The zero-order valence-corrected chi connectivity index (χ0v) is 13.8. The van der Waals surface area contributed by atoms with E-state index >= 15 is 0 Å². The summed E-state index contributed by atoms with van der Waals surface area (Å²) < 4.78 is 15.4. The second-order valence-electron chi connectivity index (χ2n) is 5.56. The van der Waals surface area contributed by atoms with Gasteiger partial charge in [-0.3, -0.25) is 4.40 Å². The lowest BCUT2D eigenvalue weighted by Gasteiger charge is -2.06. The number of halogens is 1. The van der Waals surface area contributed by atoms with Crippen molar-refractivity contribution in [3.8, 4) is 22.5 Å². The van der Waals surface area contributed by atoms with Crippen molar-refractivity contribution in [1.82, 2.24) is 9.38 Å². The van der Waals surface area contributed by atoms with E-state index in [-0.39, 0.29) is 5.82 Å². The van der Waals surface area contributed by atoms with Crippen molar-refractivity contribution < 1.29 is 4.39 Å². The van der Waals surface area contributed by atoms with Gasteiger partial charge in [-0.05, 0) is 36.4 Å². The summed E-state index contributed by atoms with van der Waals surface area (Å²) >= 11 is 1.59. The summed E-state index contributed by atoms with van der Waals surface area (Å²) in [6.45, 7) is 0.548. The molecule has 120 valence electrons. The van der Waals surface area contributed by atoms with Crippen LogP contribution in [0.25, 0.3) is 27.5 Å². The van der Waals surface area contributed by atoms with Gasteiger partial charge in [0.25, 0.3) is 0 Å². The van der Waals surface area contributed by atoms with Crippen LogP contribution in [0.5, 0.6) is 0 Å². The highest BCUT2D eigenvalue weighted by Gasteiger charge is 2.18. The predicted molar refractivity (Wildman–Crippen MR) is 96.7 cm³/mol. The minimum atomic E-state index is -0.233. The molecule has 2 heterocycles. The van der Waals surface area contributed by atoms with Gasteiger partial charge in [0, 0.05) is 17.4 Å². The molecule has 2 N–H and O–H groups in total. The van der Waals surface area contributed by atoms with Crippen LogP contribution < -0.4 is 5.73 Å². The molecule has 24 heavy (non-hydrogen) atoms. The molecule has 0 amide bonds. The second kappa shape index (κ2) is 6.19. The first-order chi connectivity index (χ1) is 11.8.